The summed E-state index contributed by atoms with van der Waals surface area (Å²) in [7, 11) is -3.94. The fraction of sp³-hybridized carbons (Fsp3) is 0.154. The van der Waals surface area contributed by atoms with E-state index in [2.05, 4.69) is 0 Å². The summed E-state index contributed by atoms with van der Waals surface area (Å²) in [5, 5.41) is 0. The number of aromatic nitrogens is 3. The summed E-state index contributed by atoms with van der Waals surface area (Å²) in [4.78, 5) is 9.74. The van der Waals surface area contributed by atoms with Crippen molar-refractivity contribution >= 4 is 37.9 Å². The number of anilines is 1. The van der Waals surface area contributed by atoms with Crippen LogP contribution in [0.1, 0.15) is 22.3 Å². The first-order chi connectivity index (χ1) is 15.8. The second kappa shape index (κ2) is 7.71. The second-order valence-corrected chi connectivity index (χ2v) is 10.3. The molecule has 0 spiro atoms. The third kappa shape index (κ3) is 3.54. The molecule has 2 N–H and O–H groups in total. The first kappa shape index (κ1) is 21.2. The summed E-state index contributed by atoms with van der Waals surface area (Å²) >= 11 is 0. The van der Waals surface area contributed by atoms with Gasteiger partial charge in [-0.1, -0.05) is 54.1 Å². The molecule has 0 aliphatic heterocycles. The zero-order valence-corrected chi connectivity index (χ0v) is 19.5. The quantitative estimate of drug-likeness (QED) is 0.412. The lowest BCUT2D eigenvalue weighted by atomic mass is 10.1. The molecule has 5 rings (SSSR count). The smallest absolute Gasteiger partial charge is 0.212 e. The van der Waals surface area contributed by atoms with E-state index in [1.807, 2.05) is 74.5 Å². The molecule has 0 saturated heterocycles. The predicted octanol–water partition coefficient (Wildman–Crippen LogP) is 4.97. The van der Waals surface area contributed by atoms with E-state index >= 15 is 0 Å². The van der Waals surface area contributed by atoms with E-state index < -0.39 is 9.84 Å². The maximum absolute atomic E-state index is 13.9. The highest BCUT2D eigenvalue weighted by molar-refractivity contribution is 7.92. The van der Waals surface area contributed by atoms with Gasteiger partial charge in [0.25, 0.3) is 0 Å². The number of fused-ring (bicyclic) bond motifs is 2. The van der Waals surface area contributed by atoms with Crippen LogP contribution >= 0.6 is 0 Å². The van der Waals surface area contributed by atoms with Gasteiger partial charge in [-0.05, 0) is 55.7 Å². The van der Waals surface area contributed by atoms with E-state index in [1.54, 1.807) is 17.6 Å². The Morgan fingerprint density at radius 3 is 2.18 bits per heavy atom. The van der Waals surface area contributed by atoms with Gasteiger partial charge in [-0.15, -0.1) is 0 Å². The number of aryl methyl sites for hydroxylation is 3. The molecule has 0 unspecified atom stereocenters. The first-order valence-corrected chi connectivity index (χ1v) is 12.2. The molecule has 0 radical (unpaired) electrons. The van der Waals surface area contributed by atoms with Gasteiger partial charge >= 0.3 is 0 Å². The van der Waals surface area contributed by atoms with Crippen molar-refractivity contribution in [2.24, 2.45) is 0 Å². The van der Waals surface area contributed by atoms with Crippen molar-refractivity contribution in [2.45, 2.75) is 37.1 Å². The highest BCUT2D eigenvalue weighted by atomic mass is 32.2. The second-order valence-electron chi connectivity index (χ2n) is 8.44. The zero-order valence-electron chi connectivity index (χ0n) is 18.7. The van der Waals surface area contributed by atoms with Crippen LogP contribution in [0.5, 0.6) is 0 Å². The number of hydrogen-bond acceptors (Lipinski definition) is 5. The number of rotatable bonds is 4. The topological polar surface area (TPSA) is 90.9 Å². The van der Waals surface area contributed by atoms with Crippen LogP contribution in [0, 0.1) is 20.8 Å². The number of benzene rings is 3. The maximum atomic E-state index is 13.9. The Bertz CT molecular complexity index is 1640. The summed E-state index contributed by atoms with van der Waals surface area (Å²) < 4.78 is 29.6. The fourth-order valence-corrected chi connectivity index (χ4v) is 5.93. The lowest BCUT2D eigenvalue weighted by Gasteiger charge is -2.10. The monoisotopic (exact) mass is 456 g/mol. The van der Waals surface area contributed by atoms with Crippen molar-refractivity contribution in [1.29, 1.82) is 0 Å². The fourth-order valence-electron chi connectivity index (χ4n) is 4.10. The molecule has 0 fully saturated rings. The summed E-state index contributed by atoms with van der Waals surface area (Å²) in [5.74, 6) is 0.141. The normalized spacial score (nSPS) is 12.0. The van der Waals surface area contributed by atoms with Gasteiger partial charge in [0.15, 0.2) is 5.65 Å². The van der Waals surface area contributed by atoms with Crippen molar-refractivity contribution in [2.75, 3.05) is 5.73 Å². The molecule has 166 valence electrons. The Hall–Kier alpha value is -3.71. The third-order valence-corrected chi connectivity index (χ3v) is 7.87. The van der Waals surface area contributed by atoms with Crippen molar-refractivity contribution < 1.29 is 8.42 Å². The molecule has 2 heterocycles. The van der Waals surface area contributed by atoms with Crippen LogP contribution in [0.25, 0.3) is 22.2 Å². The van der Waals surface area contributed by atoms with Crippen LogP contribution in [-0.2, 0) is 16.4 Å². The first-order valence-electron chi connectivity index (χ1n) is 10.7. The maximum Gasteiger partial charge on any atom is 0.212 e. The van der Waals surface area contributed by atoms with E-state index in [1.165, 1.54) is 0 Å². The van der Waals surface area contributed by atoms with Gasteiger partial charge in [-0.3, -0.25) is 0 Å². The molecule has 3 aromatic carbocycles. The van der Waals surface area contributed by atoms with Crippen molar-refractivity contribution in [1.82, 2.24) is 14.5 Å². The summed E-state index contributed by atoms with van der Waals surface area (Å²) in [6.45, 7) is 6.07. The van der Waals surface area contributed by atoms with Crippen LogP contribution in [0.2, 0.25) is 0 Å². The molecule has 0 aliphatic carbocycles. The Balaban J connectivity index is 1.83. The van der Waals surface area contributed by atoms with Gasteiger partial charge in [-0.2, -0.15) is 0 Å². The van der Waals surface area contributed by atoms with E-state index in [9.17, 15) is 8.42 Å². The van der Waals surface area contributed by atoms with Crippen molar-refractivity contribution in [3.63, 3.8) is 0 Å². The van der Waals surface area contributed by atoms with E-state index in [0.717, 1.165) is 16.7 Å². The Labute approximate surface area is 192 Å². The molecule has 2 aromatic heterocycles. The molecule has 6 nitrogen and oxygen atoms in total. The highest BCUT2D eigenvalue weighted by Crippen LogP contribution is 2.36. The van der Waals surface area contributed by atoms with Gasteiger partial charge in [0.2, 0.25) is 9.84 Å². The van der Waals surface area contributed by atoms with E-state index in [-0.39, 0.29) is 15.6 Å². The van der Waals surface area contributed by atoms with E-state index in [0.29, 0.717) is 34.3 Å². The number of nitrogens with two attached hydrogens (primary N) is 1. The highest BCUT2D eigenvalue weighted by Gasteiger charge is 2.31. The molecule has 0 amide bonds. The zero-order chi connectivity index (χ0) is 23.3. The van der Waals surface area contributed by atoms with E-state index in [4.69, 9.17) is 15.7 Å². The number of nitrogen functional groups attached to an aromatic ring is 1. The van der Waals surface area contributed by atoms with Crippen LogP contribution in [-0.4, -0.2) is 23.0 Å². The van der Waals surface area contributed by atoms with Crippen molar-refractivity contribution in [3.05, 3.63) is 89.0 Å². The third-order valence-electron chi connectivity index (χ3n) is 5.91. The minimum Gasteiger partial charge on any atom is -0.384 e. The summed E-state index contributed by atoms with van der Waals surface area (Å²) in [5.41, 5.74) is 12.3. The van der Waals surface area contributed by atoms with Gasteiger partial charge in [0.05, 0.1) is 22.5 Å². The molecular formula is C26H24N4O2S. The Morgan fingerprint density at radius 2 is 1.48 bits per heavy atom. The Morgan fingerprint density at radius 1 is 0.848 bits per heavy atom. The standard InChI is InChI=1S/C26H24N4O2S/c1-16-9-12-19(13-10-16)15-30-25(27)24(33(31,32)22-14-17(2)8-11-18(22)3)23-26(30)29-21-7-5-4-6-20(21)28-23/h4-14H,15,27H2,1-3H3. The number of para-hydroxylation sites is 2. The lowest BCUT2D eigenvalue weighted by molar-refractivity contribution is 0.596. The van der Waals surface area contributed by atoms with Gasteiger partial charge in [0, 0.05) is 0 Å². The molecule has 7 heteroatoms. The molecule has 0 saturated carbocycles. The largest absolute Gasteiger partial charge is 0.384 e. The van der Waals surface area contributed by atoms with Crippen molar-refractivity contribution in [3.8, 4) is 0 Å². The molecule has 0 bridgehead atoms. The SMILES string of the molecule is Cc1ccc(Cn2c(N)c(S(=O)(=O)c3cc(C)ccc3C)c3nc4ccccc4nc32)cc1. The summed E-state index contributed by atoms with van der Waals surface area (Å²) in [6.07, 6.45) is 0. The van der Waals surface area contributed by atoms with Crippen LogP contribution in [0.3, 0.4) is 0 Å². The van der Waals surface area contributed by atoms with Crippen LogP contribution < -0.4 is 5.73 Å². The predicted molar refractivity (Wildman–Crippen MR) is 131 cm³/mol. The van der Waals surface area contributed by atoms with Gasteiger partial charge in [0.1, 0.15) is 16.2 Å². The number of hydrogen-bond donors (Lipinski definition) is 1. The number of sulfone groups is 1. The molecule has 5 aromatic rings. The Kier molecular flexibility index (Phi) is 4.94. The average Bonchev–Trinajstić information content (AvgIpc) is 3.06. The molecule has 0 atom stereocenters. The van der Waals surface area contributed by atoms with Crippen LogP contribution in [0.4, 0.5) is 5.82 Å². The average molecular weight is 457 g/mol. The lowest BCUT2D eigenvalue weighted by Crippen LogP contribution is -2.10. The summed E-state index contributed by atoms with van der Waals surface area (Å²) in [6, 6.07) is 20.9. The number of nitrogens with zero attached hydrogens (tertiary/aromatic N) is 3. The van der Waals surface area contributed by atoms with Crippen LogP contribution in [0.15, 0.2) is 76.5 Å². The van der Waals surface area contributed by atoms with Gasteiger partial charge < -0.3 is 10.3 Å². The molecular weight excluding hydrogens is 432 g/mol. The minimum absolute atomic E-state index is 0.0107. The molecule has 33 heavy (non-hydrogen) atoms. The molecule has 0 aliphatic rings. The minimum atomic E-state index is -3.94. The van der Waals surface area contributed by atoms with Gasteiger partial charge in [-0.25, -0.2) is 18.4 Å².